The highest BCUT2D eigenvalue weighted by Gasteiger charge is 2.45. The summed E-state index contributed by atoms with van der Waals surface area (Å²) in [6.45, 7) is 0. The van der Waals surface area contributed by atoms with Crippen LogP contribution in [-0.2, 0) is 4.79 Å². The molecule has 1 heterocycles. The molecule has 2 N–H and O–H groups in total. The summed E-state index contributed by atoms with van der Waals surface area (Å²) in [5.74, 6) is 1.53. The Hall–Kier alpha value is -2.49. The highest BCUT2D eigenvalue weighted by atomic mass is 16.5. The van der Waals surface area contributed by atoms with Gasteiger partial charge < -0.3 is 14.9 Å². The average molecular weight is 296 g/mol. The number of benzene rings is 2. The van der Waals surface area contributed by atoms with E-state index in [0.29, 0.717) is 12.8 Å². The van der Waals surface area contributed by atoms with Crippen molar-refractivity contribution in [3.05, 3.63) is 53.6 Å². The van der Waals surface area contributed by atoms with Crippen LogP contribution in [0, 0.1) is 5.92 Å². The summed E-state index contributed by atoms with van der Waals surface area (Å²) >= 11 is 0. The van der Waals surface area contributed by atoms with Gasteiger partial charge in [0, 0.05) is 30.2 Å². The number of phenolic OH excluding ortho intramolecular Hbond substituents is 2. The number of fused-ring (bicyclic) bond motifs is 3. The van der Waals surface area contributed by atoms with E-state index in [4.69, 9.17) is 4.74 Å². The van der Waals surface area contributed by atoms with Gasteiger partial charge in [0.15, 0.2) is 0 Å². The second-order valence-corrected chi connectivity index (χ2v) is 6.07. The summed E-state index contributed by atoms with van der Waals surface area (Å²) in [4.78, 5) is 12.0. The van der Waals surface area contributed by atoms with E-state index in [-0.39, 0.29) is 35.2 Å². The number of ketones is 1. The second-order valence-electron chi connectivity index (χ2n) is 6.07. The first kappa shape index (κ1) is 13.2. The van der Waals surface area contributed by atoms with Gasteiger partial charge >= 0.3 is 0 Å². The maximum absolute atomic E-state index is 12.0. The molecule has 0 saturated heterocycles. The Morgan fingerprint density at radius 3 is 2.45 bits per heavy atom. The number of aromatic hydroxyl groups is 2. The summed E-state index contributed by atoms with van der Waals surface area (Å²) < 4.78 is 6.13. The quantitative estimate of drug-likeness (QED) is 0.847. The van der Waals surface area contributed by atoms with Gasteiger partial charge in [-0.3, -0.25) is 4.79 Å². The molecule has 22 heavy (non-hydrogen) atoms. The second kappa shape index (κ2) is 4.77. The summed E-state index contributed by atoms with van der Waals surface area (Å²) in [5.41, 5.74) is 1.88. The van der Waals surface area contributed by atoms with Gasteiger partial charge in [0.25, 0.3) is 0 Å². The summed E-state index contributed by atoms with van der Waals surface area (Å²) in [6.07, 6.45) is 0.791. The van der Waals surface area contributed by atoms with Gasteiger partial charge in [0.1, 0.15) is 29.1 Å². The lowest BCUT2D eigenvalue weighted by Crippen LogP contribution is -2.26. The van der Waals surface area contributed by atoms with E-state index in [9.17, 15) is 15.0 Å². The van der Waals surface area contributed by atoms with Gasteiger partial charge in [-0.05, 0) is 35.9 Å². The van der Waals surface area contributed by atoms with Crippen molar-refractivity contribution in [2.24, 2.45) is 5.92 Å². The molecule has 4 heteroatoms. The van der Waals surface area contributed by atoms with Crippen LogP contribution in [0.25, 0.3) is 0 Å². The number of carbonyl (C=O) groups excluding carboxylic acids is 1. The molecule has 0 aromatic heterocycles. The predicted octanol–water partition coefficient (Wildman–Crippen LogP) is 3.29. The topological polar surface area (TPSA) is 66.8 Å². The minimum atomic E-state index is -0.200. The van der Waals surface area contributed by atoms with Crippen LogP contribution in [0.3, 0.4) is 0 Å². The van der Waals surface area contributed by atoms with Crippen molar-refractivity contribution in [3.8, 4) is 17.2 Å². The van der Waals surface area contributed by atoms with E-state index in [1.54, 1.807) is 30.3 Å². The molecule has 3 unspecified atom stereocenters. The molecule has 1 aliphatic heterocycles. The Morgan fingerprint density at radius 1 is 0.955 bits per heavy atom. The molecule has 0 radical (unpaired) electrons. The first-order valence-corrected chi connectivity index (χ1v) is 7.42. The molecule has 0 amide bonds. The summed E-state index contributed by atoms with van der Waals surface area (Å²) in [7, 11) is 0. The van der Waals surface area contributed by atoms with E-state index in [1.165, 1.54) is 0 Å². The predicted molar refractivity (Wildman–Crippen MR) is 80.1 cm³/mol. The number of hydrogen-bond acceptors (Lipinski definition) is 4. The van der Waals surface area contributed by atoms with Crippen LogP contribution in [0.2, 0.25) is 0 Å². The molecule has 4 rings (SSSR count). The van der Waals surface area contributed by atoms with Gasteiger partial charge in [-0.25, -0.2) is 0 Å². The molecule has 0 bridgehead atoms. The fourth-order valence-electron chi connectivity index (χ4n) is 3.68. The third kappa shape index (κ3) is 2.03. The van der Waals surface area contributed by atoms with Gasteiger partial charge in [0.2, 0.25) is 0 Å². The number of rotatable bonds is 1. The average Bonchev–Trinajstić information content (AvgIpc) is 2.89. The lowest BCUT2D eigenvalue weighted by molar-refractivity contribution is -0.117. The lowest BCUT2D eigenvalue weighted by Gasteiger charge is -2.36. The van der Waals surface area contributed by atoms with Crippen LogP contribution in [0.1, 0.15) is 36.0 Å². The lowest BCUT2D eigenvalue weighted by atomic mass is 9.80. The third-order valence-corrected chi connectivity index (χ3v) is 4.69. The molecular weight excluding hydrogens is 280 g/mol. The smallest absolute Gasteiger partial charge is 0.133 e. The molecule has 2 aliphatic rings. The van der Waals surface area contributed by atoms with Crippen LogP contribution < -0.4 is 4.74 Å². The van der Waals surface area contributed by atoms with Crippen molar-refractivity contribution in [3.63, 3.8) is 0 Å². The molecule has 0 spiro atoms. The first-order valence-electron chi connectivity index (χ1n) is 7.42. The van der Waals surface area contributed by atoms with Crippen molar-refractivity contribution in [1.82, 2.24) is 0 Å². The van der Waals surface area contributed by atoms with Crippen molar-refractivity contribution in [2.75, 3.05) is 0 Å². The zero-order valence-electron chi connectivity index (χ0n) is 11.9. The largest absolute Gasteiger partial charge is 0.508 e. The number of carbonyl (C=O) groups is 1. The number of phenols is 2. The van der Waals surface area contributed by atoms with Crippen molar-refractivity contribution < 1.29 is 19.7 Å². The molecule has 4 nitrogen and oxygen atoms in total. The van der Waals surface area contributed by atoms with Crippen molar-refractivity contribution in [2.45, 2.75) is 24.9 Å². The Labute approximate surface area is 128 Å². The molecule has 112 valence electrons. The van der Waals surface area contributed by atoms with Crippen molar-refractivity contribution >= 4 is 5.78 Å². The summed E-state index contributed by atoms with van der Waals surface area (Å²) in [6, 6.07) is 12.0. The van der Waals surface area contributed by atoms with E-state index >= 15 is 0 Å². The van der Waals surface area contributed by atoms with Gasteiger partial charge in [-0.15, -0.1) is 0 Å². The Balaban J connectivity index is 1.79. The Morgan fingerprint density at radius 2 is 1.68 bits per heavy atom. The minimum Gasteiger partial charge on any atom is -0.508 e. The van der Waals surface area contributed by atoms with E-state index in [0.717, 1.165) is 16.9 Å². The Bertz CT molecular complexity index is 735. The monoisotopic (exact) mass is 296 g/mol. The van der Waals surface area contributed by atoms with Gasteiger partial charge in [-0.2, -0.15) is 0 Å². The third-order valence-electron chi connectivity index (χ3n) is 4.69. The van der Waals surface area contributed by atoms with Crippen LogP contribution in [-0.4, -0.2) is 16.0 Å². The van der Waals surface area contributed by atoms with E-state index in [1.807, 2.05) is 12.1 Å². The summed E-state index contributed by atoms with van der Waals surface area (Å²) in [5, 5.41) is 19.2. The molecule has 2 aromatic carbocycles. The van der Waals surface area contributed by atoms with Crippen LogP contribution in [0.15, 0.2) is 42.5 Å². The van der Waals surface area contributed by atoms with Crippen LogP contribution in [0.5, 0.6) is 17.2 Å². The SMILES string of the molecule is O=C1CC2c3cc(O)ccc3OC(c3ccc(O)cc3)C2C1. The minimum absolute atomic E-state index is 0.0753. The van der Waals surface area contributed by atoms with Gasteiger partial charge in [0.05, 0.1) is 0 Å². The van der Waals surface area contributed by atoms with E-state index in [2.05, 4.69) is 0 Å². The van der Waals surface area contributed by atoms with Crippen LogP contribution in [0.4, 0.5) is 0 Å². The highest BCUT2D eigenvalue weighted by Crippen LogP contribution is 2.53. The number of ether oxygens (including phenoxy) is 1. The normalized spacial score (nSPS) is 26.2. The zero-order chi connectivity index (χ0) is 15.3. The highest BCUT2D eigenvalue weighted by molar-refractivity contribution is 5.83. The molecule has 1 saturated carbocycles. The van der Waals surface area contributed by atoms with Gasteiger partial charge in [-0.1, -0.05) is 12.1 Å². The standard InChI is InChI=1S/C18H16O4/c19-11-3-1-10(2-4-11)18-16-9-13(21)8-14(16)15-7-12(20)5-6-17(15)22-18/h1-7,14,16,18-20H,8-9H2. The molecule has 2 aromatic rings. The molecule has 3 atom stereocenters. The van der Waals surface area contributed by atoms with Crippen LogP contribution >= 0.6 is 0 Å². The Kier molecular flexibility index (Phi) is 2.86. The van der Waals surface area contributed by atoms with Crippen molar-refractivity contribution in [1.29, 1.82) is 0 Å². The fourth-order valence-corrected chi connectivity index (χ4v) is 3.68. The molecular formula is C18H16O4. The zero-order valence-corrected chi connectivity index (χ0v) is 11.9. The van der Waals surface area contributed by atoms with E-state index < -0.39 is 0 Å². The maximum atomic E-state index is 12.0. The maximum Gasteiger partial charge on any atom is 0.133 e. The fraction of sp³-hybridized carbons (Fsp3) is 0.278. The molecule has 1 fully saturated rings. The molecule has 1 aliphatic carbocycles. The first-order chi connectivity index (χ1) is 10.6. The number of Topliss-reactive ketones (excluding diaryl/α,β-unsaturated/α-hetero) is 1. The number of hydrogen-bond donors (Lipinski definition) is 2.